The van der Waals surface area contributed by atoms with Crippen molar-refractivity contribution in [3.63, 3.8) is 0 Å². The van der Waals surface area contributed by atoms with Crippen molar-refractivity contribution >= 4 is 52.6 Å². The summed E-state index contributed by atoms with van der Waals surface area (Å²) in [6.07, 6.45) is -0.152. The molecule has 32 heavy (non-hydrogen) atoms. The number of hydrazine groups is 1. The molecule has 0 aromatic heterocycles. The van der Waals surface area contributed by atoms with Crippen LogP contribution in [0.5, 0.6) is 5.75 Å². The highest BCUT2D eigenvalue weighted by atomic mass is 35.5. The Kier molecular flexibility index (Phi) is 7.55. The highest BCUT2D eigenvalue weighted by Crippen LogP contribution is 2.23. The maximum Gasteiger partial charge on any atom is 0.311 e. The van der Waals surface area contributed by atoms with Gasteiger partial charge in [0.1, 0.15) is 5.75 Å². The van der Waals surface area contributed by atoms with Gasteiger partial charge in [-0.05, 0) is 42.5 Å². The van der Waals surface area contributed by atoms with Crippen LogP contribution in [0.25, 0.3) is 0 Å². The van der Waals surface area contributed by atoms with E-state index in [9.17, 15) is 19.2 Å². The number of benzene rings is 2. The quantitative estimate of drug-likeness (QED) is 0.590. The van der Waals surface area contributed by atoms with E-state index in [1.165, 1.54) is 25.3 Å². The van der Waals surface area contributed by atoms with Crippen LogP contribution in [0.2, 0.25) is 10.0 Å². The first-order valence-corrected chi connectivity index (χ1v) is 10.2. The molecular formula is C21H19Cl2N3O6. The third-order valence-corrected chi connectivity index (χ3v) is 5.33. The van der Waals surface area contributed by atoms with E-state index in [4.69, 9.17) is 32.7 Å². The zero-order valence-electron chi connectivity index (χ0n) is 16.9. The molecule has 0 aliphatic carbocycles. The summed E-state index contributed by atoms with van der Waals surface area (Å²) in [5, 5.41) is 4.11. The Balaban J connectivity index is 1.48. The van der Waals surface area contributed by atoms with Gasteiger partial charge in [0.05, 0.1) is 29.6 Å². The van der Waals surface area contributed by atoms with E-state index in [0.29, 0.717) is 16.5 Å². The minimum Gasteiger partial charge on any atom is -0.497 e. The van der Waals surface area contributed by atoms with Crippen LogP contribution >= 0.6 is 23.2 Å². The van der Waals surface area contributed by atoms with Gasteiger partial charge in [-0.15, -0.1) is 0 Å². The fourth-order valence-corrected chi connectivity index (χ4v) is 3.22. The number of hydrogen-bond acceptors (Lipinski definition) is 6. The lowest BCUT2D eigenvalue weighted by Gasteiger charge is -2.17. The molecule has 9 nitrogen and oxygen atoms in total. The zero-order chi connectivity index (χ0) is 23.3. The Hall–Kier alpha value is -3.30. The Morgan fingerprint density at radius 2 is 1.81 bits per heavy atom. The van der Waals surface area contributed by atoms with Gasteiger partial charge in [0.15, 0.2) is 6.61 Å². The molecule has 1 fully saturated rings. The standard InChI is InChI=1S/C21H19Cl2N3O6/c1-31-15-5-3-14(4-6-15)24-18(27)11-32-21(30)13-9-19(28)26(10-13)25-20(29)12-2-7-16(22)17(23)8-12/h2-8,13H,9-11H2,1H3,(H,24,27)(H,25,29)/t13-/m1/s1. The fourth-order valence-electron chi connectivity index (χ4n) is 2.92. The van der Waals surface area contributed by atoms with E-state index in [2.05, 4.69) is 10.7 Å². The molecule has 1 aliphatic rings. The van der Waals surface area contributed by atoms with Crippen LogP contribution in [0.4, 0.5) is 5.69 Å². The van der Waals surface area contributed by atoms with Gasteiger partial charge in [-0.3, -0.25) is 29.6 Å². The second-order valence-electron chi connectivity index (χ2n) is 6.86. The average Bonchev–Trinajstić information content (AvgIpc) is 3.14. The molecule has 3 rings (SSSR count). The molecule has 168 valence electrons. The molecule has 2 N–H and O–H groups in total. The number of carbonyl (C=O) groups excluding carboxylic acids is 4. The van der Waals surface area contributed by atoms with Gasteiger partial charge in [0.25, 0.3) is 11.8 Å². The summed E-state index contributed by atoms with van der Waals surface area (Å²) in [6.45, 7) is -0.587. The van der Waals surface area contributed by atoms with Crippen LogP contribution in [0.1, 0.15) is 16.8 Å². The second-order valence-corrected chi connectivity index (χ2v) is 7.67. The Morgan fingerprint density at radius 3 is 2.47 bits per heavy atom. The van der Waals surface area contributed by atoms with Gasteiger partial charge in [0, 0.05) is 17.7 Å². The molecule has 0 bridgehead atoms. The SMILES string of the molecule is COc1ccc(NC(=O)COC(=O)[C@@H]2CC(=O)N(NC(=O)c3ccc(Cl)c(Cl)c3)C2)cc1. The maximum absolute atomic E-state index is 12.3. The molecule has 11 heteroatoms. The second kappa shape index (κ2) is 10.3. The lowest BCUT2D eigenvalue weighted by molar-refractivity contribution is -0.151. The molecule has 0 radical (unpaired) electrons. The van der Waals surface area contributed by atoms with Crippen molar-refractivity contribution in [3.05, 3.63) is 58.1 Å². The van der Waals surface area contributed by atoms with Gasteiger partial charge in [-0.2, -0.15) is 0 Å². The summed E-state index contributed by atoms with van der Waals surface area (Å²) in [6, 6.07) is 10.9. The molecule has 2 aromatic carbocycles. The first-order valence-electron chi connectivity index (χ1n) is 9.43. The average molecular weight is 480 g/mol. The monoisotopic (exact) mass is 479 g/mol. The number of halogens is 2. The van der Waals surface area contributed by atoms with Crippen molar-refractivity contribution < 1.29 is 28.7 Å². The van der Waals surface area contributed by atoms with Crippen LogP contribution in [0, 0.1) is 5.92 Å². The van der Waals surface area contributed by atoms with Crippen LogP contribution in [-0.2, 0) is 19.1 Å². The van der Waals surface area contributed by atoms with E-state index in [1.807, 2.05) is 0 Å². The Bertz CT molecular complexity index is 1040. The highest BCUT2D eigenvalue weighted by Gasteiger charge is 2.36. The van der Waals surface area contributed by atoms with E-state index in [1.54, 1.807) is 24.3 Å². The highest BCUT2D eigenvalue weighted by molar-refractivity contribution is 6.42. The number of rotatable bonds is 7. The first-order chi connectivity index (χ1) is 15.3. The summed E-state index contributed by atoms with van der Waals surface area (Å²) in [7, 11) is 1.53. The van der Waals surface area contributed by atoms with Crippen molar-refractivity contribution in [2.24, 2.45) is 5.92 Å². The predicted molar refractivity (Wildman–Crippen MR) is 116 cm³/mol. The molecule has 2 aromatic rings. The number of ether oxygens (including phenoxy) is 2. The summed E-state index contributed by atoms with van der Waals surface area (Å²) in [5.74, 6) is -2.46. The molecule has 1 saturated heterocycles. The molecule has 0 saturated carbocycles. The number of nitrogens with zero attached hydrogens (tertiary/aromatic N) is 1. The minimum atomic E-state index is -0.814. The number of anilines is 1. The van der Waals surface area contributed by atoms with Crippen molar-refractivity contribution in [2.45, 2.75) is 6.42 Å². The molecule has 1 atom stereocenters. The summed E-state index contributed by atoms with van der Waals surface area (Å²) >= 11 is 11.7. The molecule has 0 unspecified atom stereocenters. The van der Waals surface area contributed by atoms with Crippen molar-refractivity contribution in [1.82, 2.24) is 10.4 Å². The van der Waals surface area contributed by atoms with Crippen molar-refractivity contribution in [3.8, 4) is 5.75 Å². The Labute approximate surface area is 193 Å². The van der Waals surface area contributed by atoms with Crippen molar-refractivity contribution in [2.75, 3.05) is 25.6 Å². The van der Waals surface area contributed by atoms with Gasteiger partial charge in [0.2, 0.25) is 5.91 Å². The van der Waals surface area contributed by atoms with Gasteiger partial charge >= 0.3 is 5.97 Å². The van der Waals surface area contributed by atoms with Crippen LogP contribution in [0.15, 0.2) is 42.5 Å². The largest absolute Gasteiger partial charge is 0.497 e. The molecule has 0 spiro atoms. The number of methoxy groups -OCH3 is 1. The fraction of sp³-hybridized carbons (Fsp3) is 0.238. The van der Waals surface area contributed by atoms with Crippen LogP contribution in [-0.4, -0.2) is 49.0 Å². The summed E-state index contributed by atoms with van der Waals surface area (Å²) < 4.78 is 10.1. The topological polar surface area (TPSA) is 114 Å². The number of esters is 1. The molecule has 1 aliphatic heterocycles. The van der Waals surface area contributed by atoms with E-state index in [0.717, 1.165) is 5.01 Å². The molecule has 1 heterocycles. The number of nitrogens with one attached hydrogen (secondary N) is 2. The summed E-state index contributed by atoms with van der Waals surface area (Å²) in [4.78, 5) is 48.8. The maximum atomic E-state index is 12.3. The molecule has 3 amide bonds. The molecular weight excluding hydrogens is 461 g/mol. The third kappa shape index (κ3) is 5.89. The number of amides is 3. The number of carbonyl (C=O) groups is 4. The van der Waals surface area contributed by atoms with Gasteiger partial charge < -0.3 is 14.8 Å². The van der Waals surface area contributed by atoms with Gasteiger partial charge in [-0.25, -0.2) is 0 Å². The van der Waals surface area contributed by atoms with Crippen LogP contribution in [0.3, 0.4) is 0 Å². The number of hydrogen-bond donors (Lipinski definition) is 2. The minimum absolute atomic E-state index is 0.0785. The zero-order valence-corrected chi connectivity index (χ0v) is 18.4. The first kappa shape index (κ1) is 23.4. The summed E-state index contributed by atoms with van der Waals surface area (Å²) in [5.41, 5.74) is 3.14. The lowest BCUT2D eigenvalue weighted by Crippen LogP contribution is -2.43. The van der Waals surface area contributed by atoms with Gasteiger partial charge in [-0.1, -0.05) is 23.2 Å². The third-order valence-electron chi connectivity index (χ3n) is 4.60. The normalized spacial score (nSPS) is 15.3. The Morgan fingerprint density at radius 1 is 1.09 bits per heavy atom. The lowest BCUT2D eigenvalue weighted by atomic mass is 10.1. The van der Waals surface area contributed by atoms with Crippen molar-refractivity contribution in [1.29, 1.82) is 0 Å². The smallest absolute Gasteiger partial charge is 0.311 e. The van der Waals surface area contributed by atoms with E-state index in [-0.39, 0.29) is 23.6 Å². The van der Waals surface area contributed by atoms with E-state index < -0.39 is 36.2 Å². The predicted octanol–water partition coefficient (Wildman–Crippen LogP) is 2.68. The van der Waals surface area contributed by atoms with E-state index >= 15 is 0 Å². The van der Waals surface area contributed by atoms with Crippen LogP contribution < -0.4 is 15.5 Å².